The summed E-state index contributed by atoms with van der Waals surface area (Å²) in [6.45, 7) is 3.29. The predicted octanol–water partition coefficient (Wildman–Crippen LogP) is 6.71. The van der Waals surface area contributed by atoms with Crippen LogP contribution in [0.3, 0.4) is 0 Å². The maximum absolute atomic E-state index is 13.4. The van der Waals surface area contributed by atoms with Gasteiger partial charge < -0.3 is 29.6 Å². The molecule has 40 heavy (non-hydrogen) atoms. The molecule has 0 bridgehead atoms. The highest BCUT2D eigenvalue weighted by Crippen LogP contribution is 2.37. The second kappa shape index (κ2) is 12.6. The molecular weight excluding hydrogens is 548 g/mol. The minimum atomic E-state index is -0.248. The van der Waals surface area contributed by atoms with E-state index in [9.17, 15) is 9.59 Å². The van der Waals surface area contributed by atoms with Gasteiger partial charge in [-0.25, -0.2) is 0 Å². The molecule has 4 aromatic rings. The van der Waals surface area contributed by atoms with Crippen LogP contribution in [0, 0.1) is 0 Å². The van der Waals surface area contributed by atoms with Crippen molar-refractivity contribution in [2.75, 3.05) is 55.9 Å². The van der Waals surface area contributed by atoms with Gasteiger partial charge in [-0.2, -0.15) is 0 Å². The van der Waals surface area contributed by atoms with Gasteiger partial charge in [0.1, 0.15) is 10.6 Å². The van der Waals surface area contributed by atoms with E-state index in [1.165, 1.54) is 30.4 Å². The Bertz CT molecular complexity index is 1460. The quantitative estimate of drug-likeness (QED) is 0.218. The molecule has 1 fully saturated rings. The zero-order chi connectivity index (χ0) is 28.1. The van der Waals surface area contributed by atoms with Crippen molar-refractivity contribution < 1.29 is 18.7 Å². The Labute approximate surface area is 242 Å². The smallest absolute Gasteiger partial charge is 0.294 e. The maximum atomic E-state index is 13.4. The van der Waals surface area contributed by atoms with Gasteiger partial charge in [-0.1, -0.05) is 23.7 Å². The lowest BCUT2D eigenvalue weighted by atomic mass is 10.2. The van der Waals surface area contributed by atoms with Crippen LogP contribution in [0.25, 0.3) is 10.4 Å². The van der Waals surface area contributed by atoms with Crippen molar-refractivity contribution in [2.45, 2.75) is 12.8 Å². The molecule has 2 aromatic carbocycles. The number of anilines is 3. The van der Waals surface area contributed by atoms with E-state index in [4.69, 9.17) is 20.8 Å². The average Bonchev–Trinajstić information content (AvgIpc) is 3.76. The summed E-state index contributed by atoms with van der Waals surface area (Å²) in [5.74, 6) is 0.240. The van der Waals surface area contributed by atoms with Crippen molar-refractivity contribution in [3.8, 4) is 16.2 Å². The van der Waals surface area contributed by atoms with Gasteiger partial charge >= 0.3 is 0 Å². The fourth-order valence-corrected chi connectivity index (χ4v) is 5.97. The Morgan fingerprint density at radius 2 is 1.88 bits per heavy atom. The van der Waals surface area contributed by atoms with Crippen molar-refractivity contribution in [3.63, 3.8) is 0 Å². The molecule has 1 aliphatic rings. The van der Waals surface area contributed by atoms with E-state index in [-0.39, 0.29) is 17.6 Å². The summed E-state index contributed by atoms with van der Waals surface area (Å²) in [4.78, 5) is 32.3. The number of thiophene rings is 1. The molecule has 10 heteroatoms. The number of hydrogen-bond donors (Lipinski definition) is 2. The number of carbonyl (C=O) groups excluding carboxylic acids is 2. The molecule has 0 aliphatic carbocycles. The first kappa shape index (κ1) is 27.8. The Morgan fingerprint density at radius 1 is 1.10 bits per heavy atom. The molecule has 2 N–H and O–H groups in total. The average molecular weight is 579 g/mol. The van der Waals surface area contributed by atoms with Crippen molar-refractivity contribution in [2.24, 2.45) is 0 Å². The minimum absolute atomic E-state index is 0.244. The summed E-state index contributed by atoms with van der Waals surface area (Å²) in [7, 11) is 3.34. The van der Waals surface area contributed by atoms with Gasteiger partial charge in [0.15, 0.2) is 5.76 Å². The lowest BCUT2D eigenvalue weighted by Crippen LogP contribution is -2.38. The van der Waals surface area contributed by atoms with E-state index in [1.54, 1.807) is 49.4 Å². The van der Waals surface area contributed by atoms with Crippen molar-refractivity contribution in [1.29, 1.82) is 0 Å². The van der Waals surface area contributed by atoms with Crippen LogP contribution < -0.4 is 20.3 Å². The number of rotatable bonds is 10. The lowest BCUT2D eigenvalue weighted by Gasteiger charge is -2.26. The van der Waals surface area contributed by atoms with E-state index >= 15 is 0 Å². The largest absolute Gasteiger partial charge is 0.494 e. The SMILES string of the molecule is CNc1cc(-c2ccc(Cl)cc2)sc1C(=O)Nc1ccc(N(CCN2CCCC2)C(=O)c2ccco2)c(OC)c1. The Kier molecular flexibility index (Phi) is 8.74. The van der Waals surface area contributed by atoms with Gasteiger partial charge in [-0.05, 0) is 74.0 Å². The number of carbonyl (C=O) groups is 2. The summed E-state index contributed by atoms with van der Waals surface area (Å²) >= 11 is 7.43. The van der Waals surface area contributed by atoms with E-state index < -0.39 is 0 Å². The summed E-state index contributed by atoms with van der Waals surface area (Å²) in [6.07, 6.45) is 3.83. The van der Waals surface area contributed by atoms with E-state index in [0.29, 0.717) is 33.6 Å². The zero-order valence-corrected chi connectivity index (χ0v) is 24.0. The molecule has 8 nitrogen and oxygen atoms in total. The van der Waals surface area contributed by atoms with Gasteiger partial charge in [-0.3, -0.25) is 9.59 Å². The Morgan fingerprint density at radius 3 is 2.55 bits per heavy atom. The van der Waals surface area contributed by atoms with E-state index in [1.807, 2.05) is 30.3 Å². The van der Waals surface area contributed by atoms with Crippen LogP contribution in [0.2, 0.25) is 5.02 Å². The Hall–Kier alpha value is -3.79. The molecular formula is C30H31ClN4O4S. The third-order valence-corrected chi connectivity index (χ3v) is 8.32. The number of likely N-dealkylation sites (tertiary alicyclic amines) is 1. The third kappa shape index (κ3) is 6.17. The second-order valence-corrected chi connectivity index (χ2v) is 10.9. The number of nitrogens with zero attached hydrogens (tertiary/aromatic N) is 2. The molecule has 1 saturated heterocycles. The van der Waals surface area contributed by atoms with Crippen molar-refractivity contribution in [1.82, 2.24) is 4.90 Å². The number of ether oxygens (including phenoxy) is 1. The molecule has 2 amide bonds. The molecule has 1 aliphatic heterocycles. The molecule has 208 valence electrons. The van der Waals surface area contributed by atoms with Gasteiger partial charge in [-0.15, -0.1) is 11.3 Å². The first-order valence-electron chi connectivity index (χ1n) is 13.1. The normalized spacial score (nSPS) is 13.3. The maximum Gasteiger partial charge on any atom is 0.294 e. The predicted molar refractivity (Wildman–Crippen MR) is 161 cm³/mol. The summed E-state index contributed by atoms with van der Waals surface area (Å²) < 4.78 is 11.1. The summed E-state index contributed by atoms with van der Waals surface area (Å²) in [6, 6.07) is 18.1. The molecule has 2 aromatic heterocycles. The number of nitrogens with one attached hydrogen (secondary N) is 2. The number of hydrogen-bond acceptors (Lipinski definition) is 7. The van der Waals surface area contributed by atoms with Gasteiger partial charge in [0.2, 0.25) is 0 Å². The highest BCUT2D eigenvalue weighted by molar-refractivity contribution is 7.18. The van der Waals surface area contributed by atoms with Crippen molar-refractivity contribution >= 4 is 51.8 Å². The fraction of sp³-hybridized carbons (Fsp3) is 0.267. The molecule has 0 saturated carbocycles. The lowest BCUT2D eigenvalue weighted by molar-refractivity contribution is 0.0956. The van der Waals surface area contributed by atoms with Crippen LogP contribution in [0.1, 0.15) is 33.1 Å². The first-order chi connectivity index (χ1) is 19.5. The van der Waals surface area contributed by atoms with Crippen LogP contribution in [0.15, 0.2) is 71.3 Å². The van der Waals surface area contributed by atoms with Gasteiger partial charge in [0.25, 0.3) is 11.8 Å². The second-order valence-electron chi connectivity index (χ2n) is 9.43. The number of amides is 2. The highest BCUT2D eigenvalue weighted by Gasteiger charge is 2.25. The first-order valence-corrected chi connectivity index (χ1v) is 14.3. The topological polar surface area (TPSA) is 87.1 Å². The molecule has 0 radical (unpaired) electrons. The van der Waals surface area contributed by atoms with Crippen LogP contribution >= 0.6 is 22.9 Å². The fourth-order valence-electron chi connectivity index (χ4n) is 4.78. The van der Waals surface area contributed by atoms with Crippen LogP contribution in [0.5, 0.6) is 5.75 Å². The van der Waals surface area contributed by atoms with Crippen LogP contribution in [-0.2, 0) is 0 Å². The zero-order valence-electron chi connectivity index (χ0n) is 22.4. The van der Waals surface area contributed by atoms with Gasteiger partial charge in [0, 0.05) is 41.8 Å². The summed E-state index contributed by atoms with van der Waals surface area (Å²) in [5.41, 5.74) is 2.87. The standard InChI is InChI=1S/C30H31ClN4O4S/c1-32-23-19-27(20-7-9-21(31)10-8-20)40-28(23)29(36)33-22-11-12-24(26(18-22)38-2)35(16-15-34-13-3-4-14-34)30(37)25-6-5-17-39-25/h5-12,17-19,32H,3-4,13-16H2,1-2H3,(H,33,36). The number of methoxy groups -OCH3 is 1. The molecule has 0 atom stereocenters. The van der Waals surface area contributed by atoms with Crippen molar-refractivity contribution in [3.05, 3.63) is 82.6 Å². The molecule has 3 heterocycles. The van der Waals surface area contributed by atoms with Crippen LogP contribution in [-0.4, -0.2) is 57.1 Å². The third-order valence-electron chi connectivity index (χ3n) is 6.88. The molecule has 0 spiro atoms. The number of halogens is 1. The number of benzene rings is 2. The molecule has 0 unspecified atom stereocenters. The number of furan rings is 1. The molecule has 5 rings (SSSR count). The van der Waals surface area contributed by atoms with E-state index in [0.717, 1.165) is 35.8 Å². The minimum Gasteiger partial charge on any atom is -0.494 e. The Balaban J connectivity index is 1.38. The summed E-state index contributed by atoms with van der Waals surface area (Å²) in [5, 5.41) is 6.75. The monoisotopic (exact) mass is 578 g/mol. The highest BCUT2D eigenvalue weighted by atomic mass is 35.5. The van der Waals surface area contributed by atoms with E-state index in [2.05, 4.69) is 15.5 Å². The van der Waals surface area contributed by atoms with Gasteiger partial charge in [0.05, 0.1) is 24.7 Å². The van der Waals surface area contributed by atoms with Crippen LogP contribution in [0.4, 0.5) is 17.1 Å².